The highest BCUT2D eigenvalue weighted by atomic mass is 16.4. The van der Waals surface area contributed by atoms with Crippen LogP contribution in [0.1, 0.15) is 96.3 Å². The average Bonchev–Trinajstić information content (AvgIpc) is 2.52. The summed E-state index contributed by atoms with van der Waals surface area (Å²) in [5.74, 6) is -1.36. The van der Waals surface area contributed by atoms with Crippen molar-refractivity contribution >= 4 is 11.9 Å². The number of unbranched alkanes of at least 4 members (excludes halogenated alkanes) is 12. The summed E-state index contributed by atoms with van der Waals surface area (Å²) in [6, 6.07) is -0.292. The Hall–Kier alpha value is -1.10. The van der Waals surface area contributed by atoms with Gasteiger partial charge in [0.1, 0.15) is 0 Å². The number of likely N-dealkylation sites (N-methyl/N-ethyl adjacent to an activating group) is 1. The summed E-state index contributed by atoms with van der Waals surface area (Å²) >= 11 is 0. The smallest absolute Gasteiger partial charge is 0.362 e. The molecule has 154 valence electrons. The van der Waals surface area contributed by atoms with E-state index < -0.39 is 11.9 Å². The third kappa shape index (κ3) is 15.2. The van der Waals surface area contributed by atoms with Crippen LogP contribution in [0.5, 0.6) is 0 Å². The SMILES string of the molecule is C[N+](C)(C)C(CCCCCCCCCCCCCCCC(=O)O)C(=O)O. The number of aliphatic carboxylic acids is 2. The van der Waals surface area contributed by atoms with E-state index in [1.165, 1.54) is 51.4 Å². The summed E-state index contributed by atoms with van der Waals surface area (Å²) in [6.07, 6.45) is 16.4. The predicted octanol–water partition coefficient (Wildman–Crippen LogP) is 5.08. The molecule has 0 saturated carbocycles. The second-order valence-corrected chi connectivity index (χ2v) is 8.50. The summed E-state index contributed by atoms with van der Waals surface area (Å²) in [7, 11) is 5.86. The van der Waals surface area contributed by atoms with Crippen molar-refractivity contribution in [3.63, 3.8) is 0 Å². The zero-order valence-corrected chi connectivity index (χ0v) is 17.3. The summed E-state index contributed by atoms with van der Waals surface area (Å²) in [5, 5.41) is 17.9. The van der Waals surface area contributed by atoms with Gasteiger partial charge in [-0.05, 0) is 12.8 Å². The molecule has 0 radical (unpaired) electrons. The van der Waals surface area contributed by atoms with Gasteiger partial charge in [-0.1, -0.05) is 70.6 Å². The maximum atomic E-state index is 11.3. The lowest BCUT2D eigenvalue weighted by Gasteiger charge is -2.31. The van der Waals surface area contributed by atoms with Crippen LogP contribution < -0.4 is 0 Å². The number of hydrogen-bond acceptors (Lipinski definition) is 2. The van der Waals surface area contributed by atoms with E-state index in [0.29, 0.717) is 10.9 Å². The van der Waals surface area contributed by atoms with Crippen molar-refractivity contribution in [2.45, 2.75) is 102 Å². The fraction of sp³-hybridized carbons (Fsp3) is 0.905. The first-order valence-corrected chi connectivity index (χ1v) is 10.5. The Morgan fingerprint density at radius 1 is 0.654 bits per heavy atom. The zero-order chi connectivity index (χ0) is 19.8. The quantitative estimate of drug-likeness (QED) is 0.260. The van der Waals surface area contributed by atoms with Gasteiger partial charge in [0, 0.05) is 12.8 Å². The summed E-state index contributed by atoms with van der Waals surface area (Å²) in [5.41, 5.74) is 0. The van der Waals surface area contributed by atoms with Crippen molar-refractivity contribution < 1.29 is 24.3 Å². The Balaban J connectivity index is 3.34. The molecule has 0 aliphatic rings. The van der Waals surface area contributed by atoms with Crippen molar-refractivity contribution in [3.05, 3.63) is 0 Å². The average molecular weight is 373 g/mol. The molecule has 0 saturated heterocycles. The molecule has 0 aromatic heterocycles. The monoisotopic (exact) mass is 372 g/mol. The van der Waals surface area contributed by atoms with Gasteiger partial charge < -0.3 is 14.7 Å². The van der Waals surface area contributed by atoms with Crippen molar-refractivity contribution in [2.24, 2.45) is 0 Å². The maximum absolute atomic E-state index is 11.3. The van der Waals surface area contributed by atoms with E-state index in [2.05, 4.69) is 0 Å². The van der Waals surface area contributed by atoms with Gasteiger partial charge in [0.25, 0.3) is 0 Å². The highest BCUT2D eigenvalue weighted by molar-refractivity contribution is 5.72. The van der Waals surface area contributed by atoms with Crippen LogP contribution in [-0.2, 0) is 9.59 Å². The molecule has 0 fully saturated rings. The van der Waals surface area contributed by atoms with Crippen LogP contribution in [0.25, 0.3) is 0 Å². The lowest BCUT2D eigenvalue weighted by Crippen LogP contribution is -2.49. The van der Waals surface area contributed by atoms with E-state index in [9.17, 15) is 14.7 Å². The van der Waals surface area contributed by atoms with Gasteiger partial charge in [-0.25, -0.2) is 4.79 Å². The molecule has 0 amide bonds. The molecule has 1 unspecified atom stereocenters. The Morgan fingerprint density at radius 2 is 1.00 bits per heavy atom. The van der Waals surface area contributed by atoms with E-state index in [-0.39, 0.29) is 6.04 Å². The van der Waals surface area contributed by atoms with Gasteiger partial charge in [0.2, 0.25) is 0 Å². The molecule has 0 aliphatic heterocycles. The molecule has 0 aromatic carbocycles. The van der Waals surface area contributed by atoms with E-state index in [4.69, 9.17) is 5.11 Å². The summed E-state index contributed by atoms with van der Waals surface area (Å²) < 4.78 is 0.495. The lowest BCUT2D eigenvalue weighted by atomic mass is 10.0. The largest absolute Gasteiger partial charge is 0.481 e. The van der Waals surface area contributed by atoms with Gasteiger partial charge in [-0.2, -0.15) is 0 Å². The minimum atomic E-state index is -0.681. The van der Waals surface area contributed by atoms with Gasteiger partial charge in [0.05, 0.1) is 21.1 Å². The molecule has 0 heterocycles. The Labute approximate surface area is 160 Å². The van der Waals surface area contributed by atoms with Gasteiger partial charge in [-0.3, -0.25) is 4.79 Å². The van der Waals surface area contributed by atoms with E-state index in [1.54, 1.807) is 0 Å². The van der Waals surface area contributed by atoms with Crippen molar-refractivity contribution in [2.75, 3.05) is 21.1 Å². The molecule has 5 heteroatoms. The molecule has 0 aliphatic carbocycles. The van der Waals surface area contributed by atoms with Crippen LogP contribution in [-0.4, -0.2) is 53.8 Å². The normalized spacial score (nSPS) is 12.9. The molecule has 1 atom stereocenters. The van der Waals surface area contributed by atoms with E-state index in [1.807, 2.05) is 21.1 Å². The van der Waals surface area contributed by atoms with Gasteiger partial charge in [-0.15, -0.1) is 0 Å². The number of carbonyl (C=O) groups is 2. The van der Waals surface area contributed by atoms with Crippen LogP contribution in [0.15, 0.2) is 0 Å². The molecule has 0 bridgehead atoms. The number of hydrogen-bond donors (Lipinski definition) is 2. The first kappa shape index (κ1) is 24.9. The standard InChI is InChI=1S/C21H41NO4/c1-22(2,3)19(21(25)26)17-15-13-11-9-7-5-4-6-8-10-12-14-16-18-20(23)24/h19H,4-18H2,1-3H3,(H-,23,24,25,26)/p+1. The Kier molecular flexibility index (Phi) is 14.4. The van der Waals surface area contributed by atoms with E-state index >= 15 is 0 Å². The molecule has 5 nitrogen and oxygen atoms in total. The molecule has 0 spiro atoms. The van der Waals surface area contributed by atoms with Crippen molar-refractivity contribution in [1.82, 2.24) is 0 Å². The van der Waals surface area contributed by atoms with E-state index in [0.717, 1.165) is 38.5 Å². The van der Waals surface area contributed by atoms with Crippen LogP contribution in [0.3, 0.4) is 0 Å². The fourth-order valence-corrected chi connectivity index (χ4v) is 3.40. The molecule has 2 N–H and O–H groups in total. The lowest BCUT2D eigenvalue weighted by molar-refractivity contribution is -0.887. The van der Waals surface area contributed by atoms with Crippen LogP contribution in [0.4, 0.5) is 0 Å². The Bertz CT molecular complexity index is 377. The highest BCUT2D eigenvalue weighted by Gasteiger charge is 2.30. The number of nitrogens with zero attached hydrogens (tertiary/aromatic N) is 1. The van der Waals surface area contributed by atoms with Gasteiger partial charge in [0.15, 0.2) is 6.04 Å². The summed E-state index contributed by atoms with van der Waals surface area (Å²) in [4.78, 5) is 21.7. The predicted molar refractivity (Wildman–Crippen MR) is 106 cm³/mol. The minimum absolute atomic E-state index is 0.292. The first-order chi connectivity index (χ1) is 12.2. The third-order valence-corrected chi connectivity index (χ3v) is 5.09. The highest BCUT2D eigenvalue weighted by Crippen LogP contribution is 2.16. The van der Waals surface area contributed by atoms with Gasteiger partial charge >= 0.3 is 11.9 Å². The van der Waals surface area contributed by atoms with Crippen LogP contribution in [0, 0.1) is 0 Å². The van der Waals surface area contributed by atoms with Crippen LogP contribution in [0.2, 0.25) is 0 Å². The first-order valence-electron chi connectivity index (χ1n) is 10.5. The van der Waals surface area contributed by atoms with Crippen molar-refractivity contribution in [3.8, 4) is 0 Å². The molecule has 26 heavy (non-hydrogen) atoms. The number of carboxylic acid groups (broad SMARTS) is 2. The molecule has 0 rings (SSSR count). The topological polar surface area (TPSA) is 74.6 Å². The molecule has 0 aromatic rings. The minimum Gasteiger partial charge on any atom is -0.481 e. The number of rotatable bonds is 18. The second-order valence-electron chi connectivity index (χ2n) is 8.50. The maximum Gasteiger partial charge on any atom is 0.362 e. The number of carboxylic acids is 2. The second kappa shape index (κ2) is 15.0. The van der Waals surface area contributed by atoms with Crippen molar-refractivity contribution in [1.29, 1.82) is 0 Å². The molecular weight excluding hydrogens is 330 g/mol. The zero-order valence-electron chi connectivity index (χ0n) is 17.3. The third-order valence-electron chi connectivity index (χ3n) is 5.09. The summed E-state index contributed by atoms with van der Waals surface area (Å²) in [6.45, 7) is 0. The fourth-order valence-electron chi connectivity index (χ4n) is 3.40. The number of quaternary nitrogens is 1. The molecular formula is C21H42NO4+. The Morgan fingerprint density at radius 3 is 1.31 bits per heavy atom. The van der Waals surface area contributed by atoms with Crippen LogP contribution >= 0.6 is 0 Å².